The fourth-order valence-corrected chi connectivity index (χ4v) is 3.06. The number of rotatable bonds is 6. The predicted octanol–water partition coefficient (Wildman–Crippen LogP) is 4.05. The number of anilines is 2. The first-order valence-corrected chi connectivity index (χ1v) is 9.35. The van der Waals surface area contributed by atoms with E-state index in [-0.39, 0.29) is 0 Å². The zero-order valence-corrected chi connectivity index (χ0v) is 18.2. The lowest BCUT2D eigenvalue weighted by molar-refractivity contribution is -0.177. The van der Waals surface area contributed by atoms with E-state index in [4.69, 9.17) is 9.47 Å². The Balaban J connectivity index is 2.63. The lowest BCUT2D eigenvalue weighted by Crippen LogP contribution is -2.43. The van der Waals surface area contributed by atoms with E-state index in [1.54, 1.807) is 7.11 Å². The van der Waals surface area contributed by atoms with Crippen molar-refractivity contribution in [1.82, 2.24) is 0 Å². The Morgan fingerprint density at radius 3 is 1.36 bits per heavy atom. The van der Waals surface area contributed by atoms with Gasteiger partial charge >= 0.3 is 5.97 Å². The highest BCUT2D eigenvalue weighted by atomic mass is 16.6. The first kappa shape index (κ1) is 21.8. The van der Waals surface area contributed by atoms with Crippen molar-refractivity contribution in [1.29, 1.82) is 0 Å². The van der Waals surface area contributed by atoms with E-state index in [0.717, 1.165) is 22.5 Å². The molecule has 152 valence electrons. The molecule has 0 bridgehead atoms. The summed E-state index contributed by atoms with van der Waals surface area (Å²) in [6, 6.07) is 15.6. The van der Waals surface area contributed by atoms with Crippen LogP contribution in [-0.2, 0) is 19.9 Å². The number of hydrogen-bond donors (Lipinski definition) is 0. The summed E-state index contributed by atoms with van der Waals surface area (Å²) in [6.07, 6.45) is 0. The van der Waals surface area contributed by atoms with Crippen LogP contribution in [0.2, 0.25) is 0 Å². The topological polar surface area (TPSA) is 42.0 Å². The monoisotopic (exact) mass is 384 g/mol. The number of ether oxygens (including phenoxy) is 2. The maximum atomic E-state index is 13.4. The molecule has 0 saturated carbocycles. The van der Waals surface area contributed by atoms with Gasteiger partial charge in [-0.05, 0) is 56.2 Å². The number of hydrogen-bond acceptors (Lipinski definition) is 5. The summed E-state index contributed by atoms with van der Waals surface area (Å²) in [6.45, 7) is 5.57. The molecule has 0 unspecified atom stereocenters. The van der Waals surface area contributed by atoms with Gasteiger partial charge in [0.15, 0.2) is 0 Å². The maximum absolute atomic E-state index is 13.4. The SMILES string of the molecule is COC(C(=O)OC(C)(C)C)(c1ccc(N(C)C)cc1)c1ccc(N(C)C)cc1. The van der Waals surface area contributed by atoms with Gasteiger partial charge in [0, 0.05) is 46.7 Å². The zero-order valence-electron chi connectivity index (χ0n) is 18.2. The van der Waals surface area contributed by atoms with Gasteiger partial charge in [-0.3, -0.25) is 0 Å². The molecule has 2 aromatic carbocycles. The fraction of sp³-hybridized carbons (Fsp3) is 0.435. The van der Waals surface area contributed by atoms with E-state index < -0.39 is 17.2 Å². The Morgan fingerprint density at radius 1 is 0.750 bits per heavy atom. The van der Waals surface area contributed by atoms with Crippen LogP contribution in [0.1, 0.15) is 31.9 Å². The van der Waals surface area contributed by atoms with E-state index in [1.807, 2.05) is 107 Å². The molecule has 0 N–H and O–H groups in total. The van der Waals surface area contributed by atoms with Crippen LogP contribution in [0.4, 0.5) is 11.4 Å². The molecule has 0 aliphatic carbocycles. The van der Waals surface area contributed by atoms with E-state index >= 15 is 0 Å². The van der Waals surface area contributed by atoms with Gasteiger partial charge in [-0.2, -0.15) is 0 Å². The summed E-state index contributed by atoms with van der Waals surface area (Å²) < 4.78 is 11.7. The van der Waals surface area contributed by atoms with Crippen molar-refractivity contribution in [2.75, 3.05) is 45.1 Å². The quantitative estimate of drug-likeness (QED) is 0.703. The van der Waals surface area contributed by atoms with Gasteiger partial charge in [0.05, 0.1) is 0 Å². The Labute approximate surface area is 168 Å². The van der Waals surface area contributed by atoms with Gasteiger partial charge in [-0.1, -0.05) is 24.3 Å². The standard InChI is InChI=1S/C23H32N2O3/c1-22(2,3)28-21(26)23(27-8,17-9-13-19(14-10-17)24(4)5)18-11-15-20(16-12-18)25(6)7/h9-16H,1-8H3. The highest BCUT2D eigenvalue weighted by Crippen LogP contribution is 2.37. The smallest absolute Gasteiger partial charge is 0.348 e. The molecule has 0 radical (unpaired) electrons. The molecule has 5 nitrogen and oxygen atoms in total. The van der Waals surface area contributed by atoms with Crippen molar-refractivity contribution in [3.8, 4) is 0 Å². The summed E-state index contributed by atoms with van der Waals surface area (Å²) in [5.74, 6) is -0.433. The third-order valence-corrected chi connectivity index (χ3v) is 4.57. The van der Waals surface area contributed by atoms with Crippen molar-refractivity contribution < 1.29 is 14.3 Å². The first-order valence-electron chi connectivity index (χ1n) is 9.35. The molecule has 2 rings (SSSR count). The molecule has 0 heterocycles. The lowest BCUT2D eigenvalue weighted by atomic mass is 9.85. The Morgan fingerprint density at radius 2 is 1.11 bits per heavy atom. The minimum Gasteiger partial charge on any atom is -0.457 e. The van der Waals surface area contributed by atoms with Gasteiger partial charge < -0.3 is 19.3 Å². The number of carbonyl (C=O) groups is 1. The van der Waals surface area contributed by atoms with Crippen LogP contribution in [0.3, 0.4) is 0 Å². The van der Waals surface area contributed by atoms with Crippen LogP contribution in [-0.4, -0.2) is 46.9 Å². The number of nitrogens with zero attached hydrogens (tertiary/aromatic N) is 2. The summed E-state index contributed by atoms with van der Waals surface area (Å²) >= 11 is 0. The largest absolute Gasteiger partial charge is 0.457 e. The Hall–Kier alpha value is -2.53. The summed E-state index contributed by atoms with van der Waals surface area (Å²) in [4.78, 5) is 17.4. The molecule has 0 aliphatic rings. The van der Waals surface area contributed by atoms with Crippen molar-refractivity contribution >= 4 is 17.3 Å². The van der Waals surface area contributed by atoms with Gasteiger partial charge in [0.2, 0.25) is 5.60 Å². The molecule has 0 spiro atoms. The van der Waals surface area contributed by atoms with Crippen LogP contribution in [0.5, 0.6) is 0 Å². The molecule has 5 heteroatoms. The third kappa shape index (κ3) is 4.47. The van der Waals surface area contributed by atoms with Crippen LogP contribution in [0, 0.1) is 0 Å². The molecule has 0 atom stereocenters. The molecule has 0 fully saturated rings. The summed E-state index contributed by atoms with van der Waals surface area (Å²) in [7, 11) is 9.46. The fourth-order valence-electron chi connectivity index (χ4n) is 3.06. The van der Waals surface area contributed by atoms with Crippen molar-refractivity contribution in [3.05, 3.63) is 59.7 Å². The molecule has 0 aliphatic heterocycles. The number of esters is 1. The van der Waals surface area contributed by atoms with Crippen molar-refractivity contribution in [2.45, 2.75) is 32.0 Å². The second-order valence-electron chi connectivity index (χ2n) is 8.27. The highest BCUT2D eigenvalue weighted by Gasteiger charge is 2.45. The average Bonchev–Trinajstić information content (AvgIpc) is 2.62. The van der Waals surface area contributed by atoms with Crippen LogP contribution in [0.15, 0.2) is 48.5 Å². The van der Waals surface area contributed by atoms with E-state index in [1.165, 1.54) is 0 Å². The molecule has 28 heavy (non-hydrogen) atoms. The van der Waals surface area contributed by atoms with E-state index in [0.29, 0.717) is 0 Å². The van der Waals surface area contributed by atoms with Gasteiger partial charge in [-0.25, -0.2) is 4.79 Å². The normalized spacial score (nSPS) is 11.9. The third-order valence-electron chi connectivity index (χ3n) is 4.57. The first-order chi connectivity index (χ1) is 13.0. The van der Waals surface area contributed by atoms with E-state index in [2.05, 4.69) is 0 Å². The average molecular weight is 385 g/mol. The highest BCUT2D eigenvalue weighted by molar-refractivity contribution is 5.86. The molecular formula is C23H32N2O3. The lowest BCUT2D eigenvalue weighted by Gasteiger charge is -2.34. The van der Waals surface area contributed by atoms with E-state index in [9.17, 15) is 4.79 Å². The van der Waals surface area contributed by atoms with Crippen LogP contribution < -0.4 is 9.80 Å². The van der Waals surface area contributed by atoms with Crippen molar-refractivity contribution in [3.63, 3.8) is 0 Å². The number of benzene rings is 2. The molecular weight excluding hydrogens is 352 g/mol. The molecule has 0 aromatic heterocycles. The van der Waals surface area contributed by atoms with Gasteiger partial charge in [-0.15, -0.1) is 0 Å². The summed E-state index contributed by atoms with van der Waals surface area (Å²) in [5.41, 5.74) is 1.57. The van der Waals surface area contributed by atoms with Crippen LogP contribution in [0.25, 0.3) is 0 Å². The number of methoxy groups -OCH3 is 1. The minimum absolute atomic E-state index is 0.433. The Bertz CT molecular complexity index is 737. The predicted molar refractivity (Wildman–Crippen MR) is 115 cm³/mol. The number of carbonyl (C=O) groups excluding carboxylic acids is 1. The van der Waals surface area contributed by atoms with Crippen molar-refractivity contribution in [2.24, 2.45) is 0 Å². The Kier molecular flexibility index (Phi) is 6.40. The zero-order chi connectivity index (χ0) is 21.1. The minimum atomic E-state index is -1.34. The second-order valence-corrected chi connectivity index (χ2v) is 8.27. The molecule has 2 aromatic rings. The maximum Gasteiger partial charge on any atom is 0.348 e. The molecule has 0 amide bonds. The second kappa shape index (κ2) is 8.23. The summed E-state index contributed by atoms with van der Waals surface area (Å²) in [5, 5.41) is 0. The molecule has 0 saturated heterocycles. The van der Waals surface area contributed by atoms with Gasteiger partial charge in [0.25, 0.3) is 0 Å². The van der Waals surface area contributed by atoms with Gasteiger partial charge in [0.1, 0.15) is 5.60 Å². The van der Waals surface area contributed by atoms with Crippen LogP contribution >= 0.6 is 0 Å².